The molecule has 1 amide bonds. The summed E-state index contributed by atoms with van der Waals surface area (Å²) in [7, 11) is 0. The van der Waals surface area contributed by atoms with Gasteiger partial charge in [0.25, 0.3) is 0 Å². The third kappa shape index (κ3) is 6.18. The number of pyridine rings is 1. The third-order valence-electron chi connectivity index (χ3n) is 7.00. The zero-order valence-electron chi connectivity index (χ0n) is 20.9. The SMILES string of the molecule is CC(=O)N[C@@H](Cc1cc(F)cc(F)c1)[C@H](O)CN[C@H]1CC2(CCC2)Oc2nc(F)c(CC(C)C)cc21. The standard InChI is InChI=1S/C27H34F3N3O3/c1-15(2)7-18-11-21-23(13-27(5-4-6-27)36-26(21)33-25(18)30)31-14-24(35)22(32-16(3)34)10-17-8-19(28)12-20(29)9-17/h8-9,11-12,15,22-24,31,35H,4-7,10,13-14H2,1-3H3,(H,32,34)/t22-,23-,24+/m0/s1. The first-order chi connectivity index (χ1) is 17.0. The first-order valence-corrected chi connectivity index (χ1v) is 12.6. The van der Waals surface area contributed by atoms with Crippen molar-refractivity contribution in [2.24, 2.45) is 5.92 Å². The molecule has 1 fully saturated rings. The molecule has 0 radical (unpaired) electrons. The molecule has 3 N–H and O–H groups in total. The van der Waals surface area contributed by atoms with E-state index in [-0.39, 0.29) is 36.7 Å². The second-order valence-corrected chi connectivity index (χ2v) is 10.6. The van der Waals surface area contributed by atoms with Crippen LogP contribution in [0.3, 0.4) is 0 Å². The Morgan fingerprint density at radius 1 is 1.17 bits per heavy atom. The Kier molecular flexibility index (Phi) is 7.90. The number of halogens is 3. The lowest BCUT2D eigenvalue weighted by atomic mass is 9.73. The van der Waals surface area contributed by atoms with E-state index in [2.05, 4.69) is 15.6 Å². The number of carbonyl (C=O) groups is 1. The van der Waals surface area contributed by atoms with Crippen LogP contribution in [0.4, 0.5) is 13.2 Å². The molecule has 0 unspecified atom stereocenters. The summed E-state index contributed by atoms with van der Waals surface area (Å²) in [5.41, 5.74) is 1.20. The van der Waals surface area contributed by atoms with Crippen molar-refractivity contribution in [3.63, 3.8) is 0 Å². The van der Waals surface area contributed by atoms with Crippen LogP contribution in [0.2, 0.25) is 0 Å². The Balaban J connectivity index is 1.53. The van der Waals surface area contributed by atoms with Gasteiger partial charge in [0, 0.05) is 43.1 Å². The summed E-state index contributed by atoms with van der Waals surface area (Å²) in [6, 6.07) is 3.95. The highest BCUT2D eigenvalue weighted by atomic mass is 19.1. The number of aliphatic hydroxyl groups excluding tert-OH is 1. The lowest BCUT2D eigenvalue weighted by Crippen LogP contribution is -2.52. The Morgan fingerprint density at radius 3 is 2.44 bits per heavy atom. The van der Waals surface area contributed by atoms with Gasteiger partial charge >= 0.3 is 0 Å². The quantitative estimate of drug-likeness (QED) is 0.446. The van der Waals surface area contributed by atoms with Gasteiger partial charge in [0.15, 0.2) is 0 Å². The molecule has 2 aromatic rings. The minimum atomic E-state index is -1.05. The number of ether oxygens (including phenoxy) is 1. The molecule has 9 heteroatoms. The van der Waals surface area contributed by atoms with E-state index in [9.17, 15) is 23.1 Å². The molecule has 2 heterocycles. The van der Waals surface area contributed by atoms with Crippen LogP contribution >= 0.6 is 0 Å². The third-order valence-corrected chi connectivity index (χ3v) is 7.00. The minimum absolute atomic E-state index is 0.0523. The molecule has 1 aromatic heterocycles. The number of nitrogens with zero attached hydrogens (tertiary/aromatic N) is 1. The highest BCUT2D eigenvalue weighted by Gasteiger charge is 2.46. The van der Waals surface area contributed by atoms with Crippen LogP contribution in [-0.2, 0) is 17.6 Å². The predicted molar refractivity (Wildman–Crippen MR) is 129 cm³/mol. The maximum atomic E-state index is 14.7. The Bertz CT molecular complexity index is 1090. The molecule has 0 bridgehead atoms. The summed E-state index contributed by atoms with van der Waals surface area (Å²) in [4.78, 5) is 15.9. The normalized spacial score (nSPS) is 19.8. The molecule has 1 aromatic carbocycles. The Morgan fingerprint density at radius 2 is 1.86 bits per heavy atom. The van der Waals surface area contributed by atoms with Gasteiger partial charge in [-0.1, -0.05) is 13.8 Å². The maximum absolute atomic E-state index is 14.7. The van der Waals surface area contributed by atoms with Crippen molar-refractivity contribution in [3.05, 3.63) is 58.5 Å². The Hall–Kier alpha value is -2.65. The first-order valence-electron chi connectivity index (χ1n) is 12.6. The lowest BCUT2D eigenvalue weighted by molar-refractivity contribution is -0.120. The monoisotopic (exact) mass is 505 g/mol. The zero-order valence-corrected chi connectivity index (χ0v) is 20.9. The summed E-state index contributed by atoms with van der Waals surface area (Å²) >= 11 is 0. The van der Waals surface area contributed by atoms with Crippen molar-refractivity contribution < 1.29 is 27.8 Å². The van der Waals surface area contributed by atoms with Gasteiger partial charge in [-0.3, -0.25) is 4.79 Å². The summed E-state index contributed by atoms with van der Waals surface area (Å²) in [5, 5.41) is 17.0. The molecule has 196 valence electrons. The summed E-state index contributed by atoms with van der Waals surface area (Å²) in [5.74, 6) is -1.79. The number of fused-ring (bicyclic) bond motifs is 1. The van der Waals surface area contributed by atoms with E-state index < -0.39 is 35.3 Å². The van der Waals surface area contributed by atoms with Gasteiger partial charge < -0.3 is 20.5 Å². The number of hydrogen-bond acceptors (Lipinski definition) is 5. The number of rotatable bonds is 9. The molecule has 2 aliphatic rings. The van der Waals surface area contributed by atoms with Crippen LogP contribution in [0.1, 0.15) is 69.2 Å². The van der Waals surface area contributed by atoms with Crippen molar-refractivity contribution in [2.45, 2.75) is 83.1 Å². The van der Waals surface area contributed by atoms with Crippen LogP contribution in [0.5, 0.6) is 5.88 Å². The van der Waals surface area contributed by atoms with E-state index in [4.69, 9.17) is 4.74 Å². The van der Waals surface area contributed by atoms with E-state index in [0.29, 0.717) is 24.0 Å². The van der Waals surface area contributed by atoms with Crippen molar-refractivity contribution in [1.29, 1.82) is 0 Å². The molecule has 1 aliphatic heterocycles. The number of aromatic nitrogens is 1. The van der Waals surface area contributed by atoms with Gasteiger partial charge in [-0.05, 0) is 61.8 Å². The molecule has 36 heavy (non-hydrogen) atoms. The van der Waals surface area contributed by atoms with Gasteiger partial charge in [0.05, 0.1) is 12.1 Å². The van der Waals surface area contributed by atoms with Crippen LogP contribution in [0.25, 0.3) is 0 Å². The smallest absolute Gasteiger partial charge is 0.221 e. The average molecular weight is 506 g/mol. The Labute approximate surface area is 209 Å². The second kappa shape index (κ2) is 10.8. The van der Waals surface area contributed by atoms with E-state index in [1.54, 1.807) is 6.07 Å². The highest BCUT2D eigenvalue weighted by Crippen LogP contribution is 2.48. The van der Waals surface area contributed by atoms with Gasteiger partial charge in [-0.2, -0.15) is 9.37 Å². The fourth-order valence-corrected chi connectivity index (χ4v) is 5.17. The fraction of sp³-hybridized carbons (Fsp3) is 0.556. The van der Waals surface area contributed by atoms with Crippen LogP contribution in [-0.4, -0.2) is 40.3 Å². The lowest BCUT2D eigenvalue weighted by Gasteiger charge is -2.47. The van der Waals surface area contributed by atoms with E-state index in [1.807, 2.05) is 13.8 Å². The zero-order chi connectivity index (χ0) is 26.0. The maximum Gasteiger partial charge on any atom is 0.221 e. The second-order valence-electron chi connectivity index (χ2n) is 10.6. The molecular weight excluding hydrogens is 471 g/mol. The summed E-state index contributed by atoms with van der Waals surface area (Å²) in [6.45, 7) is 5.44. The first kappa shape index (κ1) is 26.4. The number of hydrogen-bond donors (Lipinski definition) is 3. The van der Waals surface area contributed by atoms with Gasteiger partial charge in [0.2, 0.25) is 17.7 Å². The van der Waals surface area contributed by atoms with Crippen LogP contribution in [0.15, 0.2) is 24.3 Å². The molecule has 4 rings (SSSR count). The molecular formula is C27H34F3N3O3. The van der Waals surface area contributed by atoms with Crippen molar-refractivity contribution in [3.8, 4) is 5.88 Å². The number of aliphatic hydroxyl groups is 1. The number of nitrogens with one attached hydrogen (secondary N) is 2. The molecule has 0 saturated heterocycles. The van der Waals surface area contributed by atoms with Crippen molar-refractivity contribution in [2.75, 3.05) is 6.54 Å². The van der Waals surface area contributed by atoms with Gasteiger partial charge in [-0.15, -0.1) is 0 Å². The van der Waals surface area contributed by atoms with Crippen LogP contribution < -0.4 is 15.4 Å². The minimum Gasteiger partial charge on any atom is -0.471 e. The topological polar surface area (TPSA) is 83.5 Å². The molecule has 1 aliphatic carbocycles. The van der Waals surface area contributed by atoms with Crippen molar-refractivity contribution >= 4 is 5.91 Å². The van der Waals surface area contributed by atoms with Crippen molar-refractivity contribution in [1.82, 2.24) is 15.6 Å². The van der Waals surface area contributed by atoms with E-state index >= 15 is 0 Å². The average Bonchev–Trinajstić information content (AvgIpc) is 2.75. The number of carbonyl (C=O) groups excluding carboxylic acids is 1. The predicted octanol–water partition coefficient (Wildman–Crippen LogP) is 4.14. The number of benzene rings is 1. The van der Waals surface area contributed by atoms with E-state index in [0.717, 1.165) is 30.9 Å². The highest BCUT2D eigenvalue weighted by molar-refractivity contribution is 5.73. The molecule has 3 atom stereocenters. The molecule has 6 nitrogen and oxygen atoms in total. The summed E-state index contributed by atoms with van der Waals surface area (Å²) < 4.78 is 48.2. The van der Waals surface area contributed by atoms with Crippen LogP contribution in [0, 0.1) is 23.5 Å². The fourth-order valence-electron chi connectivity index (χ4n) is 5.17. The molecule has 1 saturated carbocycles. The number of amides is 1. The van der Waals surface area contributed by atoms with E-state index in [1.165, 1.54) is 19.1 Å². The van der Waals surface area contributed by atoms with Gasteiger partial charge in [0.1, 0.15) is 17.2 Å². The summed E-state index contributed by atoms with van der Waals surface area (Å²) in [6.07, 6.45) is 2.92. The van der Waals surface area contributed by atoms with Gasteiger partial charge in [-0.25, -0.2) is 8.78 Å². The largest absolute Gasteiger partial charge is 0.471 e. The molecule has 1 spiro atoms.